The van der Waals surface area contributed by atoms with E-state index in [9.17, 15) is 4.79 Å². The van der Waals surface area contributed by atoms with Crippen LogP contribution in [-0.2, 0) is 4.79 Å². The molecule has 0 atom stereocenters. The summed E-state index contributed by atoms with van der Waals surface area (Å²) in [5.41, 5.74) is 4.66. The molecular weight excluding hydrogens is 246 g/mol. The van der Waals surface area contributed by atoms with Crippen LogP contribution in [0.4, 0.5) is 0 Å². The van der Waals surface area contributed by atoms with Crippen molar-refractivity contribution < 1.29 is 4.79 Å². The van der Waals surface area contributed by atoms with Crippen LogP contribution in [0.3, 0.4) is 0 Å². The van der Waals surface area contributed by atoms with Crippen molar-refractivity contribution in [1.29, 1.82) is 0 Å². The Morgan fingerprint density at radius 2 is 1.50 bits per heavy atom. The van der Waals surface area contributed by atoms with E-state index in [1.54, 1.807) is 0 Å². The first-order chi connectivity index (χ1) is 9.75. The van der Waals surface area contributed by atoms with Crippen LogP contribution >= 0.6 is 0 Å². The van der Waals surface area contributed by atoms with Gasteiger partial charge in [0.25, 0.3) is 5.91 Å². The summed E-state index contributed by atoms with van der Waals surface area (Å²) < 4.78 is 0. The van der Waals surface area contributed by atoms with Crippen LogP contribution in [0.5, 0.6) is 0 Å². The summed E-state index contributed by atoms with van der Waals surface area (Å²) in [6.45, 7) is 1.98. The van der Waals surface area contributed by atoms with Crippen molar-refractivity contribution in [2.45, 2.75) is 6.92 Å². The van der Waals surface area contributed by atoms with Gasteiger partial charge in [-0.1, -0.05) is 60.7 Å². The van der Waals surface area contributed by atoms with Crippen LogP contribution in [0.1, 0.15) is 18.1 Å². The van der Waals surface area contributed by atoms with Crippen LogP contribution < -0.4 is 5.32 Å². The number of benzene rings is 2. The first-order valence-corrected chi connectivity index (χ1v) is 6.60. The molecule has 1 N–H and O–H groups in total. The number of carbonyl (C=O) groups excluding carboxylic acids is 1. The van der Waals surface area contributed by atoms with E-state index in [1.807, 2.05) is 73.7 Å². The second kappa shape index (κ2) is 5.17. The topological polar surface area (TPSA) is 29.1 Å². The maximum absolute atomic E-state index is 12.2. The lowest BCUT2D eigenvalue weighted by molar-refractivity contribution is -0.114. The summed E-state index contributed by atoms with van der Waals surface area (Å²) in [4.78, 5) is 12.2. The quantitative estimate of drug-likeness (QED) is 0.878. The monoisotopic (exact) mass is 261 g/mol. The van der Waals surface area contributed by atoms with Crippen molar-refractivity contribution in [2.75, 3.05) is 0 Å². The van der Waals surface area contributed by atoms with Crippen molar-refractivity contribution in [1.82, 2.24) is 5.32 Å². The minimum atomic E-state index is -0.0316. The zero-order chi connectivity index (χ0) is 13.9. The van der Waals surface area contributed by atoms with Gasteiger partial charge < -0.3 is 5.32 Å². The zero-order valence-electron chi connectivity index (χ0n) is 11.3. The third kappa shape index (κ3) is 2.28. The minimum absolute atomic E-state index is 0.0316. The molecule has 1 aliphatic heterocycles. The average Bonchev–Trinajstić information content (AvgIpc) is 2.75. The van der Waals surface area contributed by atoms with Gasteiger partial charge in [0, 0.05) is 5.70 Å². The molecule has 1 amide bonds. The Morgan fingerprint density at radius 1 is 0.900 bits per heavy atom. The predicted molar refractivity (Wildman–Crippen MR) is 81.6 cm³/mol. The van der Waals surface area contributed by atoms with Gasteiger partial charge in [-0.3, -0.25) is 4.79 Å². The molecule has 20 heavy (non-hydrogen) atoms. The predicted octanol–water partition coefficient (Wildman–Crippen LogP) is 3.63. The van der Waals surface area contributed by atoms with E-state index >= 15 is 0 Å². The second-order valence-corrected chi connectivity index (χ2v) is 4.79. The van der Waals surface area contributed by atoms with Crippen molar-refractivity contribution in [3.8, 4) is 0 Å². The van der Waals surface area contributed by atoms with Crippen LogP contribution in [0.2, 0.25) is 0 Å². The standard InChI is InChI=1S/C18H15NO/c1-13-16(12-14-8-4-2-5-9-14)19-18(20)17(13)15-10-6-3-7-11-15/h2-12H,1H3,(H,19,20)/b16-12+. The van der Waals surface area contributed by atoms with Gasteiger partial charge in [-0.2, -0.15) is 0 Å². The summed E-state index contributed by atoms with van der Waals surface area (Å²) in [6, 6.07) is 19.8. The summed E-state index contributed by atoms with van der Waals surface area (Å²) in [5, 5.41) is 2.95. The van der Waals surface area contributed by atoms with Gasteiger partial charge in [0.05, 0.1) is 5.57 Å². The Morgan fingerprint density at radius 3 is 2.15 bits per heavy atom. The summed E-state index contributed by atoms with van der Waals surface area (Å²) in [7, 11) is 0. The van der Waals surface area contributed by atoms with Gasteiger partial charge in [0.2, 0.25) is 0 Å². The smallest absolute Gasteiger partial charge is 0.256 e. The highest BCUT2D eigenvalue weighted by Crippen LogP contribution is 2.29. The van der Waals surface area contributed by atoms with Gasteiger partial charge >= 0.3 is 0 Å². The third-order valence-electron chi connectivity index (χ3n) is 3.43. The molecular formula is C18H15NO. The van der Waals surface area contributed by atoms with Gasteiger partial charge in [0.15, 0.2) is 0 Å². The van der Waals surface area contributed by atoms with Crippen LogP contribution in [0.25, 0.3) is 11.6 Å². The van der Waals surface area contributed by atoms with E-state index in [0.717, 1.165) is 28.0 Å². The fraction of sp³-hybridized carbons (Fsp3) is 0.0556. The first-order valence-electron chi connectivity index (χ1n) is 6.60. The number of rotatable bonds is 2. The maximum atomic E-state index is 12.2. The molecule has 2 aromatic carbocycles. The number of hydrogen-bond acceptors (Lipinski definition) is 1. The highest BCUT2D eigenvalue weighted by molar-refractivity contribution is 6.25. The van der Waals surface area contributed by atoms with Crippen molar-refractivity contribution in [3.05, 3.63) is 83.1 Å². The highest BCUT2D eigenvalue weighted by atomic mass is 16.2. The van der Waals surface area contributed by atoms with Crippen molar-refractivity contribution in [3.63, 3.8) is 0 Å². The van der Waals surface area contributed by atoms with E-state index in [4.69, 9.17) is 0 Å². The lowest BCUT2D eigenvalue weighted by Crippen LogP contribution is -2.15. The van der Waals surface area contributed by atoms with Crippen LogP contribution in [-0.4, -0.2) is 5.91 Å². The van der Waals surface area contributed by atoms with Gasteiger partial charge in [-0.05, 0) is 29.7 Å². The first kappa shape index (κ1) is 12.4. The summed E-state index contributed by atoms with van der Waals surface area (Å²) in [5.74, 6) is -0.0316. The third-order valence-corrected chi connectivity index (χ3v) is 3.43. The molecule has 2 heteroatoms. The molecule has 0 aliphatic carbocycles. The summed E-state index contributed by atoms with van der Waals surface area (Å²) in [6.07, 6.45) is 2.00. The Kier molecular flexibility index (Phi) is 3.21. The number of carbonyl (C=O) groups is 1. The fourth-order valence-electron chi connectivity index (χ4n) is 2.40. The zero-order valence-corrected chi connectivity index (χ0v) is 11.3. The molecule has 0 unspecified atom stereocenters. The molecule has 2 nitrogen and oxygen atoms in total. The second-order valence-electron chi connectivity index (χ2n) is 4.79. The molecule has 0 bridgehead atoms. The molecule has 0 saturated heterocycles. The normalized spacial score (nSPS) is 16.6. The molecule has 0 spiro atoms. The van der Waals surface area contributed by atoms with E-state index in [0.29, 0.717) is 0 Å². The Labute approximate surface area is 118 Å². The van der Waals surface area contributed by atoms with Gasteiger partial charge in [0.1, 0.15) is 0 Å². The molecule has 2 aromatic rings. The van der Waals surface area contributed by atoms with Crippen LogP contribution in [0.15, 0.2) is 71.9 Å². The number of hydrogen-bond donors (Lipinski definition) is 1. The van der Waals surface area contributed by atoms with Crippen molar-refractivity contribution in [2.24, 2.45) is 0 Å². The van der Waals surface area contributed by atoms with Crippen molar-refractivity contribution >= 4 is 17.6 Å². The Balaban J connectivity index is 2.03. The van der Waals surface area contributed by atoms with E-state index in [1.165, 1.54) is 0 Å². The highest BCUT2D eigenvalue weighted by Gasteiger charge is 2.24. The Bertz CT molecular complexity index is 697. The number of nitrogens with one attached hydrogen (secondary N) is 1. The molecule has 1 aliphatic rings. The number of amides is 1. The molecule has 0 aromatic heterocycles. The fourth-order valence-corrected chi connectivity index (χ4v) is 2.40. The lowest BCUT2D eigenvalue weighted by Gasteiger charge is -2.01. The maximum Gasteiger partial charge on any atom is 0.256 e. The van der Waals surface area contributed by atoms with E-state index < -0.39 is 0 Å². The Hall–Kier alpha value is -2.61. The molecule has 0 fully saturated rings. The largest absolute Gasteiger partial charge is 0.322 e. The molecule has 98 valence electrons. The molecule has 0 radical (unpaired) electrons. The molecule has 0 saturated carbocycles. The average molecular weight is 261 g/mol. The SMILES string of the molecule is CC1=C(c2ccccc2)C(=O)N/C1=C/c1ccccc1. The van der Waals surface area contributed by atoms with Gasteiger partial charge in [-0.25, -0.2) is 0 Å². The minimum Gasteiger partial charge on any atom is -0.322 e. The number of allylic oxidation sites excluding steroid dienone is 1. The molecule has 3 rings (SSSR count). The van der Waals surface area contributed by atoms with E-state index in [2.05, 4.69) is 5.32 Å². The molecule has 1 heterocycles. The lowest BCUT2D eigenvalue weighted by atomic mass is 10.0. The van der Waals surface area contributed by atoms with Crippen LogP contribution in [0, 0.1) is 0 Å². The van der Waals surface area contributed by atoms with Gasteiger partial charge in [-0.15, -0.1) is 0 Å². The van der Waals surface area contributed by atoms with E-state index in [-0.39, 0.29) is 5.91 Å². The summed E-state index contributed by atoms with van der Waals surface area (Å²) >= 11 is 0.